The minimum atomic E-state index is -4.29. The molecular formula is C15H17F3N2O2. The molecule has 1 aliphatic heterocycles. The summed E-state index contributed by atoms with van der Waals surface area (Å²) in [4.78, 5) is 26.5. The molecule has 0 spiro atoms. The van der Waals surface area contributed by atoms with E-state index in [0.717, 1.165) is 11.3 Å². The Bertz CT molecular complexity index is 572. The molecule has 0 N–H and O–H groups in total. The molecule has 0 atom stereocenters. The first-order valence-electron chi connectivity index (χ1n) is 7.00. The van der Waals surface area contributed by atoms with Crippen molar-refractivity contribution in [3.05, 3.63) is 29.8 Å². The molecule has 22 heavy (non-hydrogen) atoms. The van der Waals surface area contributed by atoms with Crippen LogP contribution in [0.25, 0.3) is 0 Å². The highest BCUT2D eigenvalue weighted by atomic mass is 19.4. The number of hydrogen-bond donors (Lipinski definition) is 0. The van der Waals surface area contributed by atoms with Crippen LogP contribution >= 0.6 is 0 Å². The van der Waals surface area contributed by atoms with E-state index >= 15 is 0 Å². The molecule has 1 fully saturated rings. The lowest BCUT2D eigenvalue weighted by Crippen LogP contribution is -2.31. The first-order chi connectivity index (χ1) is 10.3. The molecule has 0 bridgehead atoms. The zero-order chi connectivity index (χ0) is 16.3. The van der Waals surface area contributed by atoms with Crippen molar-refractivity contribution >= 4 is 17.5 Å². The summed E-state index contributed by atoms with van der Waals surface area (Å²) >= 11 is 0. The second kappa shape index (κ2) is 6.37. The Morgan fingerprint density at radius 3 is 2.68 bits per heavy atom. The van der Waals surface area contributed by atoms with E-state index in [1.165, 1.54) is 13.1 Å². The summed E-state index contributed by atoms with van der Waals surface area (Å²) < 4.78 is 36.6. The van der Waals surface area contributed by atoms with E-state index < -0.39 is 25.0 Å². The topological polar surface area (TPSA) is 40.6 Å². The maximum atomic E-state index is 12.2. The average molecular weight is 314 g/mol. The fourth-order valence-electron chi connectivity index (χ4n) is 2.34. The molecule has 2 rings (SSSR count). The highest BCUT2D eigenvalue weighted by Crippen LogP contribution is 2.23. The van der Waals surface area contributed by atoms with Gasteiger partial charge in [0.1, 0.15) is 0 Å². The van der Waals surface area contributed by atoms with Gasteiger partial charge in [-0.1, -0.05) is 6.07 Å². The molecule has 0 radical (unpaired) electrons. The van der Waals surface area contributed by atoms with Crippen molar-refractivity contribution in [1.29, 1.82) is 0 Å². The number of anilines is 1. The lowest BCUT2D eigenvalue weighted by molar-refractivity contribution is -0.136. The number of nitrogens with zero attached hydrogens (tertiary/aromatic N) is 2. The molecule has 0 saturated carbocycles. The normalized spacial score (nSPS) is 15.3. The van der Waals surface area contributed by atoms with Gasteiger partial charge in [0.25, 0.3) is 5.91 Å². The van der Waals surface area contributed by atoms with E-state index in [-0.39, 0.29) is 11.5 Å². The fraction of sp³-hybridized carbons (Fsp3) is 0.467. The largest absolute Gasteiger partial charge is 0.390 e. The number of rotatable bonds is 4. The van der Waals surface area contributed by atoms with Gasteiger partial charge in [0, 0.05) is 37.8 Å². The predicted molar refractivity (Wildman–Crippen MR) is 75.7 cm³/mol. The molecule has 120 valence electrons. The summed E-state index contributed by atoms with van der Waals surface area (Å²) in [5.74, 6) is -0.493. The number of alkyl halides is 3. The number of amides is 2. The van der Waals surface area contributed by atoms with Crippen LogP contribution in [0.15, 0.2) is 24.3 Å². The van der Waals surface area contributed by atoms with E-state index in [1.807, 2.05) is 0 Å². The first-order valence-corrected chi connectivity index (χ1v) is 7.00. The van der Waals surface area contributed by atoms with E-state index in [2.05, 4.69) is 0 Å². The van der Waals surface area contributed by atoms with Gasteiger partial charge in [-0.3, -0.25) is 9.59 Å². The number of hydrogen-bond acceptors (Lipinski definition) is 2. The van der Waals surface area contributed by atoms with Crippen molar-refractivity contribution < 1.29 is 22.8 Å². The molecule has 0 aliphatic carbocycles. The van der Waals surface area contributed by atoms with E-state index in [1.54, 1.807) is 23.1 Å². The van der Waals surface area contributed by atoms with E-state index in [9.17, 15) is 22.8 Å². The van der Waals surface area contributed by atoms with Crippen LogP contribution in [0.3, 0.4) is 0 Å². The molecule has 1 aromatic rings. The predicted octanol–water partition coefficient (Wildman–Crippen LogP) is 2.84. The number of halogens is 3. The van der Waals surface area contributed by atoms with Crippen LogP contribution in [0.1, 0.15) is 29.6 Å². The van der Waals surface area contributed by atoms with Crippen molar-refractivity contribution in [1.82, 2.24) is 4.90 Å². The van der Waals surface area contributed by atoms with Crippen molar-refractivity contribution in [3.8, 4) is 0 Å². The fourth-order valence-corrected chi connectivity index (χ4v) is 2.34. The number of carbonyl (C=O) groups is 2. The van der Waals surface area contributed by atoms with Crippen LogP contribution in [0.5, 0.6) is 0 Å². The lowest BCUT2D eigenvalue weighted by Gasteiger charge is -2.20. The van der Waals surface area contributed by atoms with Gasteiger partial charge >= 0.3 is 6.18 Å². The van der Waals surface area contributed by atoms with Crippen LogP contribution in [0, 0.1) is 0 Å². The maximum absolute atomic E-state index is 12.2. The highest BCUT2D eigenvalue weighted by molar-refractivity contribution is 5.98. The highest BCUT2D eigenvalue weighted by Gasteiger charge is 2.28. The molecule has 2 amide bonds. The number of carbonyl (C=O) groups excluding carboxylic acids is 2. The van der Waals surface area contributed by atoms with Crippen LogP contribution < -0.4 is 4.90 Å². The Kier molecular flexibility index (Phi) is 4.73. The summed E-state index contributed by atoms with van der Waals surface area (Å²) in [6, 6.07) is 6.44. The van der Waals surface area contributed by atoms with Crippen molar-refractivity contribution in [3.63, 3.8) is 0 Å². The summed E-state index contributed by atoms with van der Waals surface area (Å²) in [5, 5.41) is 0. The lowest BCUT2D eigenvalue weighted by atomic mass is 10.1. The summed E-state index contributed by atoms with van der Waals surface area (Å²) in [5.41, 5.74) is 0.888. The average Bonchev–Trinajstić information content (AvgIpc) is 2.89. The first kappa shape index (κ1) is 16.3. The zero-order valence-electron chi connectivity index (χ0n) is 12.2. The van der Waals surface area contributed by atoms with Gasteiger partial charge in [-0.05, 0) is 24.6 Å². The van der Waals surface area contributed by atoms with Crippen LogP contribution in [-0.2, 0) is 4.79 Å². The third-order valence-corrected chi connectivity index (χ3v) is 3.56. The van der Waals surface area contributed by atoms with Gasteiger partial charge < -0.3 is 9.80 Å². The molecule has 0 aromatic heterocycles. The molecule has 4 nitrogen and oxygen atoms in total. The van der Waals surface area contributed by atoms with Crippen molar-refractivity contribution in [2.45, 2.75) is 25.4 Å². The Morgan fingerprint density at radius 1 is 1.36 bits per heavy atom. The van der Waals surface area contributed by atoms with Gasteiger partial charge in [0.05, 0.1) is 6.42 Å². The quantitative estimate of drug-likeness (QED) is 0.857. The molecule has 7 heteroatoms. The molecular weight excluding hydrogens is 297 g/mol. The van der Waals surface area contributed by atoms with E-state index in [4.69, 9.17) is 0 Å². The molecule has 1 aliphatic rings. The van der Waals surface area contributed by atoms with E-state index in [0.29, 0.717) is 18.7 Å². The summed E-state index contributed by atoms with van der Waals surface area (Å²) in [7, 11) is 1.34. The van der Waals surface area contributed by atoms with Gasteiger partial charge in [-0.25, -0.2) is 0 Å². The van der Waals surface area contributed by atoms with Gasteiger partial charge in [0.2, 0.25) is 5.91 Å². The maximum Gasteiger partial charge on any atom is 0.390 e. The zero-order valence-corrected chi connectivity index (χ0v) is 12.2. The van der Waals surface area contributed by atoms with Gasteiger partial charge in [-0.2, -0.15) is 13.2 Å². The number of benzene rings is 1. The monoisotopic (exact) mass is 314 g/mol. The molecule has 1 saturated heterocycles. The van der Waals surface area contributed by atoms with Crippen LogP contribution in [0.4, 0.5) is 18.9 Å². The van der Waals surface area contributed by atoms with Crippen LogP contribution in [0.2, 0.25) is 0 Å². The third kappa shape index (κ3) is 3.99. The molecule has 1 heterocycles. The van der Waals surface area contributed by atoms with Gasteiger partial charge in [-0.15, -0.1) is 0 Å². The van der Waals surface area contributed by atoms with Crippen LogP contribution in [-0.4, -0.2) is 43.0 Å². The standard InChI is InChI=1S/C15H17F3N2O2/c1-19(9-7-15(16,17)18)14(22)11-4-2-5-12(10-11)20-8-3-6-13(20)21/h2,4-5,10H,3,6-9H2,1H3. The van der Waals surface area contributed by atoms with Crippen molar-refractivity contribution in [2.24, 2.45) is 0 Å². The second-order valence-electron chi connectivity index (χ2n) is 5.29. The Morgan fingerprint density at radius 2 is 2.09 bits per heavy atom. The minimum Gasteiger partial charge on any atom is -0.341 e. The van der Waals surface area contributed by atoms with Crippen molar-refractivity contribution in [2.75, 3.05) is 25.0 Å². The smallest absolute Gasteiger partial charge is 0.341 e. The SMILES string of the molecule is CN(CCC(F)(F)F)C(=O)c1cccc(N2CCCC2=O)c1. The molecule has 1 aromatic carbocycles. The Balaban J connectivity index is 2.08. The minimum absolute atomic E-state index is 0.00461. The Labute approximate surface area is 126 Å². The third-order valence-electron chi connectivity index (χ3n) is 3.56. The Hall–Kier alpha value is -2.05. The summed E-state index contributed by atoms with van der Waals surface area (Å²) in [6.07, 6.45) is -4.09. The molecule has 0 unspecified atom stereocenters. The summed E-state index contributed by atoms with van der Waals surface area (Å²) in [6.45, 7) is 0.204. The second-order valence-corrected chi connectivity index (χ2v) is 5.29. The van der Waals surface area contributed by atoms with Gasteiger partial charge in [0.15, 0.2) is 0 Å².